The van der Waals surface area contributed by atoms with E-state index >= 15 is 0 Å². The normalized spacial score (nSPS) is 11.8. The van der Waals surface area contributed by atoms with Gasteiger partial charge in [0, 0.05) is 0 Å². The van der Waals surface area contributed by atoms with Crippen LogP contribution in [0.15, 0.2) is 24.3 Å². The minimum Gasteiger partial charge on any atom is -0.493 e. The lowest BCUT2D eigenvalue weighted by Crippen LogP contribution is -2.25. The first-order chi connectivity index (χ1) is 7.99. The van der Waals surface area contributed by atoms with Crippen LogP contribution in [-0.4, -0.2) is 23.6 Å². The highest BCUT2D eigenvalue weighted by Gasteiger charge is 2.09. The number of nitrogens with two attached hydrogens (primary N) is 1. The number of benzene rings is 1. The molecule has 0 spiro atoms. The highest BCUT2D eigenvalue weighted by atomic mass is 16.5. The Labute approximate surface area is 99.2 Å². The summed E-state index contributed by atoms with van der Waals surface area (Å²) < 4.78 is 5.36. The highest BCUT2D eigenvalue weighted by molar-refractivity contribution is 5.76. The molecule has 0 aliphatic rings. The Kier molecular flexibility index (Phi) is 4.51. The Morgan fingerprint density at radius 3 is 2.76 bits per heavy atom. The third kappa shape index (κ3) is 4.55. The molecule has 0 aliphatic carbocycles. The molecule has 0 saturated heterocycles. The van der Waals surface area contributed by atoms with Crippen molar-refractivity contribution in [3.8, 4) is 5.75 Å². The molecular weight excluding hydrogens is 222 g/mol. The van der Waals surface area contributed by atoms with Crippen LogP contribution in [0, 0.1) is 5.92 Å². The van der Waals surface area contributed by atoms with Gasteiger partial charge in [-0.25, -0.2) is 0 Å². The van der Waals surface area contributed by atoms with Gasteiger partial charge in [-0.15, -0.1) is 0 Å². The van der Waals surface area contributed by atoms with E-state index in [1.54, 1.807) is 31.2 Å². The number of amides is 1. The Morgan fingerprint density at radius 1 is 1.47 bits per heavy atom. The molecule has 17 heavy (non-hydrogen) atoms. The molecule has 1 amide bonds. The molecule has 0 saturated carbocycles. The van der Waals surface area contributed by atoms with Crippen molar-refractivity contribution in [2.45, 2.75) is 13.3 Å². The summed E-state index contributed by atoms with van der Waals surface area (Å²) in [5.41, 5.74) is 5.75. The first-order valence-corrected chi connectivity index (χ1v) is 5.22. The first-order valence-electron chi connectivity index (χ1n) is 5.22. The van der Waals surface area contributed by atoms with Crippen molar-refractivity contribution in [1.82, 2.24) is 0 Å². The molecule has 92 valence electrons. The molecule has 1 rings (SSSR count). The van der Waals surface area contributed by atoms with E-state index in [9.17, 15) is 9.59 Å². The van der Waals surface area contributed by atoms with E-state index < -0.39 is 11.9 Å². The monoisotopic (exact) mass is 237 g/mol. The average molecular weight is 237 g/mol. The van der Waals surface area contributed by atoms with Crippen molar-refractivity contribution >= 4 is 11.9 Å². The Hall–Kier alpha value is -2.04. The number of rotatable bonds is 6. The second kappa shape index (κ2) is 5.89. The summed E-state index contributed by atoms with van der Waals surface area (Å²) in [6, 6.07) is 6.77. The van der Waals surface area contributed by atoms with Crippen LogP contribution >= 0.6 is 0 Å². The second-order valence-corrected chi connectivity index (χ2v) is 3.83. The Balaban J connectivity index is 2.59. The predicted molar refractivity (Wildman–Crippen MR) is 61.6 cm³/mol. The Bertz CT molecular complexity index is 417. The van der Waals surface area contributed by atoms with E-state index in [0.717, 1.165) is 0 Å². The molecule has 1 unspecified atom stereocenters. The second-order valence-electron chi connectivity index (χ2n) is 3.83. The zero-order chi connectivity index (χ0) is 12.8. The number of carboxylic acid groups (broad SMARTS) is 1. The molecular formula is C12H15NO4. The molecule has 0 heterocycles. The van der Waals surface area contributed by atoms with E-state index in [1.165, 1.54) is 0 Å². The van der Waals surface area contributed by atoms with Crippen LogP contribution < -0.4 is 10.5 Å². The molecule has 0 aliphatic heterocycles. The maximum Gasteiger partial charge on any atom is 0.307 e. The minimum atomic E-state index is -0.896. The molecule has 1 aromatic rings. The summed E-state index contributed by atoms with van der Waals surface area (Å²) >= 11 is 0. The molecule has 5 heteroatoms. The van der Waals surface area contributed by atoms with Crippen LogP contribution in [0.1, 0.15) is 12.5 Å². The third-order valence-corrected chi connectivity index (χ3v) is 2.24. The van der Waals surface area contributed by atoms with Crippen molar-refractivity contribution in [3.63, 3.8) is 0 Å². The number of primary amides is 1. The largest absolute Gasteiger partial charge is 0.493 e. The summed E-state index contributed by atoms with van der Waals surface area (Å²) in [5, 5.41) is 8.65. The van der Waals surface area contributed by atoms with Gasteiger partial charge in [0.1, 0.15) is 5.75 Å². The third-order valence-electron chi connectivity index (χ3n) is 2.24. The molecule has 0 bridgehead atoms. The van der Waals surface area contributed by atoms with Gasteiger partial charge in [-0.2, -0.15) is 0 Å². The van der Waals surface area contributed by atoms with Crippen molar-refractivity contribution in [2.24, 2.45) is 11.7 Å². The standard InChI is InChI=1S/C12H15NO4/c1-8(12(13)16)7-17-10-4-2-3-9(5-10)6-11(14)15/h2-5,8H,6-7H2,1H3,(H2,13,16)(H,14,15). The van der Waals surface area contributed by atoms with E-state index in [1.807, 2.05) is 0 Å². The van der Waals surface area contributed by atoms with Crippen molar-refractivity contribution < 1.29 is 19.4 Å². The van der Waals surface area contributed by atoms with Crippen LogP contribution in [0.25, 0.3) is 0 Å². The van der Waals surface area contributed by atoms with Crippen molar-refractivity contribution in [3.05, 3.63) is 29.8 Å². The minimum absolute atomic E-state index is 0.0530. The summed E-state index contributed by atoms with van der Waals surface area (Å²) in [5.74, 6) is -1.16. The molecule has 5 nitrogen and oxygen atoms in total. The molecule has 3 N–H and O–H groups in total. The number of ether oxygens (including phenoxy) is 1. The summed E-state index contributed by atoms with van der Waals surface area (Å²) in [6.07, 6.45) is -0.0530. The van der Waals surface area contributed by atoms with Gasteiger partial charge in [0.2, 0.25) is 5.91 Å². The molecule has 1 aromatic carbocycles. The maximum absolute atomic E-state index is 10.8. The van der Waals surface area contributed by atoms with Gasteiger partial charge in [0.05, 0.1) is 18.9 Å². The number of carbonyl (C=O) groups is 2. The van der Waals surface area contributed by atoms with E-state index in [0.29, 0.717) is 11.3 Å². The molecule has 0 radical (unpaired) electrons. The van der Waals surface area contributed by atoms with Gasteiger partial charge in [-0.1, -0.05) is 19.1 Å². The topological polar surface area (TPSA) is 89.6 Å². The van der Waals surface area contributed by atoms with Gasteiger partial charge in [0.25, 0.3) is 0 Å². The highest BCUT2D eigenvalue weighted by Crippen LogP contribution is 2.14. The van der Waals surface area contributed by atoms with Gasteiger partial charge < -0.3 is 15.6 Å². The van der Waals surface area contributed by atoms with Crippen LogP contribution in [0.3, 0.4) is 0 Å². The van der Waals surface area contributed by atoms with Crippen molar-refractivity contribution in [1.29, 1.82) is 0 Å². The molecule has 1 atom stereocenters. The quantitative estimate of drug-likeness (QED) is 0.766. The number of carbonyl (C=O) groups excluding carboxylic acids is 1. The fourth-order valence-electron chi connectivity index (χ4n) is 1.22. The fourth-order valence-corrected chi connectivity index (χ4v) is 1.22. The smallest absolute Gasteiger partial charge is 0.307 e. The van der Waals surface area contributed by atoms with Crippen molar-refractivity contribution in [2.75, 3.05) is 6.61 Å². The first kappa shape index (κ1) is 13.0. The Morgan fingerprint density at radius 2 is 2.18 bits per heavy atom. The van der Waals surface area contributed by atoms with E-state index in [4.69, 9.17) is 15.6 Å². The van der Waals surface area contributed by atoms with Gasteiger partial charge in [-0.05, 0) is 17.7 Å². The van der Waals surface area contributed by atoms with Crippen LogP contribution in [0.2, 0.25) is 0 Å². The summed E-state index contributed by atoms with van der Waals surface area (Å²) in [7, 11) is 0. The number of carboxylic acids is 1. The number of hydrogen-bond acceptors (Lipinski definition) is 3. The van der Waals surface area contributed by atoms with Gasteiger partial charge in [-0.3, -0.25) is 9.59 Å². The van der Waals surface area contributed by atoms with Gasteiger partial charge >= 0.3 is 5.97 Å². The number of hydrogen-bond donors (Lipinski definition) is 2. The SMILES string of the molecule is CC(COc1cccc(CC(=O)O)c1)C(N)=O. The zero-order valence-electron chi connectivity index (χ0n) is 9.55. The van der Waals surface area contributed by atoms with E-state index in [-0.39, 0.29) is 18.9 Å². The van der Waals surface area contributed by atoms with E-state index in [2.05, 4.69) is 0 Å². The van der Waals surface area contributed by atoms with Gasteiger partial charge in [0.15, 0.2) is 0 Å². The summed E-state index contributed by atoms with van der Waals surface area (Å²) in [4.78, 5) is 21.3. The zero-order valence-corrected chi connectivity index (χ0v) is 9.55. The maximum atomic E-state index is 10.8. The van der Waals surface area contributed by atoms with Crippen LogP contribution in [0.4, 0.5) is 0 Å². The fraction of sp³-hybridized carbons (Fsp3) is 0.333. The molecule has 0 fully saturated rings. The lowest BCUT2D eigenvalue weighted by Gasteiger charge is -2.10. The van der Waals surface area contributed by atoms with Crippen LogP contribution in [0.5, 0.6) is 5.75 Å². The summed E-state index contributed by atoms with van der Waals surface area (Å²) in [6.45, 7) is 1.86. The lowest BCUT2D eigenvalue weighted by molar-refractivity contribution is -0.136. The van der Waals surface area contributed by atoms with Crippen LogP contribution in [-0.2, 0) is 16.0 Å². The predicted octanol–water partition coefficient (Wildman–Crippen LogP) is 0.814. The lowest BCUT2D eigenvalue weighted by atomic mass is 10.1. The molecule has 0 aromatic heterocycles. The average Bonchev–Trinajstić information content (AvgIpc) is 2.25. The number of aliphatic carboxylic acids is 1.